The van der Waals surface area contributed by atoms with Gasteiger partial charge in [0.15, 0.2) is 0 Å². The van der Waals surface area contributed by atoms with Gasteiger partial charge in [-0.1, -0.05) is 0 Å². The highest BCUT2D eigenvalue weighted by atomic mass is 16.6. The molecule has 10 heteroatoms. The minimum Gasteiger partial charge on any atom is -0.444 e. The average molecular weight is 393 g/mol. The molecule has 1 aromatic rings. The second-order valence-electron chi connectivity index (χ2n) is 8.75. The number of amides is 3. The third-order valence-corrected chi connectivity index (χ3v) is 5.56. The zero-order valence-corrected chi connectivity index (χ0v) is 16.5. The van der Waals surface area contributed by atoms with E-state index in [1.807, 2.05) is 20.8 Å². The van der Waals surface area contributed by atoms with E-state index in [4.69, 9.17) is 9.15 Å². The Morgan fingerprint density at radius 2 is 2.04 bits per heavy atom. The molecule has 2 bridgehead atoms. The normalized spacial score (nSPS) is 25.1. The van der Waals surface area contributed by atoms with Crippen molar-refractivity contribution in [1.29, 1.82) is 0 Å². The molecule has 2 saturated heterocycles. The number of ether oxygens (including phenoxy) is 1. The van der Waals surface area contributed by atoms with Crippen LogP contribution in [0.5, 0.6) is 0 Å². The first-order valence-electron chi connectivity index (χ1n) is 9.83. The maximum Gasteiger partial charge on any atom is 0.411 e. The number of carbonyl (C=O) groups is 2. The van der Waals surface area contributed by atoms with Gasteiger partial charge in [0.2, 0.25) is 11.8 Å². The molecule has 0 unspecified atom stereocenters. The maximum absolute atomic E-state index is 12.6. The lowest BCUT2D eigenvalue weighted by Crippen LogP contribution is -2.46. The number of carbonyl (C=O) groups excluding carboxylic acids is 2. The summed E-state index contributed by atoms with van der Waals surface area (Å²) in [5.41, 5.74) is -0.579. The molecular weight excluding hydrogens is 366 g/mol. The summed E-state index contributed by atoms with van der Waals surface area (Å²) in [6.45, 7) is 6.14. The van der Waals surface area contributed by atoms with Gasteiger partial charge in [0.1, 0.15) is 18.2 Å². The van der Waals surface area contributed by atoms with E-state index in [1.165, 1.54) is 0 Å². The molecule has 154 valence electrons. The molecule has 1 N–H and O–H groups in total. The van der Waals surface area contributed by atoms with E-state index in [1.54, 1.807) is 9.80 Å². The quantitative estimate of drug-likeness (QED) is 0.783. The van der Waals surface area contributed by atoms with E-state index in [0.717, 1.165) is 24.3 Å². The van der Waals surface area contributed by atoms with Gasteiger partial charge in [-0.05, 0) is 52.9 Å². The summed E-state index contributed by atoms with van der Waals surface area (Å²) < 4.78 is 11.3. The van der Waals surface area contributed by atoms with Crippen molar-refractivity contribution in [2.75, 3.05) is 6.54 Å². The Bertz CT molecular complexity index is 756. The summed E-state index contributed by atoms with van der Waals surface area (Å²) in [5.74, 6) is 0.664. The van der Waals surface area contributed by atoms with Crippen LogP contribution in [0.25, 0.3) is 0 Å². The largest absolute Gasteiger partial charge is 0.444 e. The number of urea groups is 1. The molecule has 2 atom stereocenters. The lowest BCUT2D eigenvalue weighted by molar-refractivity contribution is -0.0584. The molecule has 10 nitrogen and oxygen atoms in total. The Morgan fingerprint density at radius 3 is 2.68 bits per heavy atom. The van der Waals surface area contributed by atoms with Gasteiger partial charge in [0.05, 0.1) is 6.04 Å². The summed E-state index contributed by atoms with van der Waals surface area (Å²) >= 11 is 0. The van der Waals surface area contributed by atoms with Gasteiger partial charge in [-0.2, -0.15) is 0 Å². The first-order valence-corrected chi connectivity index (χ1v) is 9.83. The number of fused-ring (bicyclic) bond motifs is 2. The zero-order chi connectivity index (χ0) is 20.1. The number of hydroxylamine groups is 2. The van der Waals surface area contributed by atoms with Crippen molar-refractivity contribution in [3.05, 3.63) is 11.8 Å². The molecule has 0 aromatic carbocycles. The van der Waals surface area contributed by atoms with Crippen LogP contribution in [0.4, 0.5) is 9.59 Å². The Morgan fingerprint density at radius 1 is 1.29 bits per heavy atom. The van der Waals surface area contributed by atoms with Gasteiger partial charge in [0.25, 0.3) is 0 Å². The van der Waals surface area contributed by atoms with E-state index in [2.05, 4.69) is 10.2 Å². The highest BCUT2D eigenvalue weighted by molar-refractivity contribution is 5.76. The van der Waals surface area contributed by atoms with E-state index in [-0.39, 0.29) is 30.8 Å². The molecule has 28 heavy (non-hydrogen) atoms. The molecule has 0 radical (unpaired) electrons. The van der Waals surface area contributed by atoms with Crippen LogP contribution in [0.15, 0.2) is 4.42 Å². The first kappa shape index (κ1) is 19.0. The molecular formula is C18H27N5O5. The fraction of sp³-hybridized carbons (Fsp3) is 0.778. The van der Waals surface area contributed by atoms with Crippen molar-refractivity contribution in [3.8, 4) is 0 Å². The topological polar surface area (TPSA) is 112 Å². The van der Waals surface area contributed by atoms with E-state index < -0.39 is 11.6 Å². The minimum atomic E-state index is -0.579. The molecule has 1 aliphatic carbocycles. The average Bonchev–Trinajstić information content (AvgIpc) is 3.12. The Kier molecular flexibility index (Phi) is 4.68. The molecule has 3 amide bonds. The number of nitrogens with zero attached hydrogens (tertiary/aromatic N) is 5. The Balaban J connectivity index is 1.47. The second kappa shape index (κ2) is 6.91. The predicted octanol–water partition coefficient (Wildman–Crippen LogP) is 2.69. The van der Waals surface area contributed by atoms with Gasteiger partial charge in [-0.15, -0.1) is 10.2 Å². The van der Waals surface area contributed by atoms with Crippen molar-refractivity contribution < 1.29 is 24.0 Å². The summed E-state index contributed by atoms with van der Waals surface area (Å²) in [4.78, 5) is 28.0. The van der Waals surface area contributed by atoms with Crippen LogP contribution < -0.4 is 0 Å². The zero-order valence-electron chi connectivity index (χ0n) is 16.5. The number of hydrogen-bond donors (Lipinski definition) is 1. The number of piperidine rings is 1. The summed E-state index contributed by atoms with van der Waals surface area (Å²) in [5, 5.41) is 18.8. The van der Waals surface area contributed by atoms with Crippen LogP contribution in [0.2, 0.25) is 0 Å². The lowest BCUT2D eigenvalue weighted by Gasteiger charge is -2.37. The van der Waals surface area contributed by atoms with Crippen molar-refractivity contribution >= 4 is 12.1 Å². The number of aromatic nitrogens is 2. The predicted molar refractivity (Wildman–Crippen MR) is 95.2 cm³/mol. The minimum absolute atomic E-state index is 0.115. The van der Waals surface area contributed by atoms with Crippen molar-refractivity contribution in [3.63, 3.8) is 0 Å². The summed E-state index contributed by atoms with van der Waals surface area (Å²) in [6.07, 6.45) is 3.87. The van der Waals surface area contributed by atoms with Crippen LogP contribution in [-0.2, 0) is 11.3 Å². The fourth-order valence-corrected chi connectivity index (χ4v) is 3.88. The molecule has 3 heterocycles. The van der Waals surface area contributed by atoms with E-state index >= 15 is 0 Å². The molecule has 0 spiro atoms. The van der Waals surface area contributed by atoms with Crippen LogP contribution in [0.3, 0.4) is 0 Å². The smallest absolute Gasteiger partial charge is 0.411 e. The van der Waals surface area contributed by atoms with Gasteiger partial charge < -0.3 is 14.1 Å². The Labute approximate surface area is 163 Å². The van der Waals surface area contributed by atoms with Crippen molar-refractivity contribution in [1.82, 2.24) is 25.1 Å². The highest BCUT2D eigenvalue weighted by Gasteiger charge is 2.46. The van der Waals surface area contributed by atoms with Crippen molar-refractivity contribution in [2.24, 2.45) is 0 Å². The van der Waals surface area contributed by atoms with Gasteiger partial charge in [-0.3, -0.25) is 10.1 Å². The summed E-state index contributed by atoms with van der Waals surface area (Å²) in [7, 11) is 0. The lowest BCUT2D eigenvalue weighted by atomic mass is 9.92. The highest BCUT2D eigenvalue weighted by Crippen LogP contribution is 2.37. The van der Waals surface area contributed by atoms with Crippen molar-refractivity contribution in [2.45, 2.75) is 83.1 Å². The van der Waals surface area contributed by atoms with Crippen LogP contribution in [0, 0.1) is 0 Å². The molecule has 1 aromatic heterocycles. The second-order valence-corrected chi connectivity index (χ2v) is 8.75. The SMILES string of the molecule is CC(C)(C)OC(=O)N(Cc1nnc([C@@H]2CC[C@@H]3CN2C(=O)N3O)o1)C1CCC1. The summed E-state index contributed by atoms with van der Waals surface area (Å²) in [6, 6.07) is -0.839. The van der Waals surface area contributed by atoms with Crippen LogP contribution in [0.1, 0.15) is 70.7 Å². The molecule has 3 aliphatic rings. The molecule has 4 rings (SSSR count). The number of rotatable bonds is 4. The fourth-order valence-electron chi connectivity index (χ4n) is 3.88. The third kappa shape index (κ3) is 3.52. The molecule has 3 fully saturated rings. The van der Waals surface area contributed by atoms with E-state index in [9.17, 15) is 14.8 Å². The third-order valence-electron chi connectivity index (χ3n) is 5.56. The maximum atomic E-state index is 12.6. The van der Waals surface area contributed by atoms with Crippen LogP contribution >= 0.6 is 0 Å². The van der Waals surface area contributed by atoms with Gasteiger partial charge in [0, 0.05) is 12.6 Å². The first-order chi connectivity index (χ1) is 13.2. The Hall–Kier alpha value is -2.36. The molecule has 1 saturated carbocycles. The van der Waals surface area contributed by atoms with Gasteiger partial charge >= 0.3 is 12.1 Å². The van der Waals surface area contributed by atoms with E-state index in [0.29, 0.717) is 31.2 Å². The molecule has 2 aliphatic heterocycles. The monoisotopic (exact) mass is 393 g/mol. The standard InChI is InChI=1S/C18H27N5O5/c1-18(2,3)28-17(25)21(11-5-4-6-11)10-14-19-20-15(27-14)13-8-7-12-9-22(13)16(24)23(12)26/h11-13,26H,4-10H2,1-3H3/t12-,13+/m1/s1. The van der Waals surface area contributed by atoms with Gasteiger partial charge in [-0.25, -0.2) is 14.7 Å². The van der Waals surface area contributed by atoms with Crippen LogP contribution in [-0.4, -0.2) is 66.6 Å². The number of hydrogen-bond acceptors (Lipinski definition) is 7.